The molecule has 23 heavy (non-hydrogen) atoms. The van der Waals surface area contributed by atoms with E-state index in [0.717, 1.165) is 31.9 Å². The zero-order valence-electron chi connectivity index (χ0n) is 12.2. The number of aromatic hydroxyl groups is 1. The average Bonchev–Trinajstić information content (AvgIpc) is 2.58. The number of hydrogen-bond acceptors (Lipinski definition) is 6. The predicted octanol–water partition coefficient (Wildman–Crippen LogP) is 0.250. The van der Waals surface area contributed by atoms with Gasteiger partial charge in [-0.2, -0.15) is 0 Å². The van der Waals surface area contributed by atoms with Crippen molar-refractivity contribution >= 4 is 11.7 Å². The smallest absolute Gasteiger partial charge is 0.358 e. The van der Waals surface area contributed by atoms with Gasteiger partial charge in [0.1, 0.15) is 5.82 Å². The molecular formula is C15H16N4O4. The molecule has 8 nitrogen and oxygen atoms in total. The number of nitrogens with one attached hydrogen (secondary N) is 2. The van der Waals surface area contributed by atoms with Crippen LogP contribution in [0.25, 0.3) is 11.4 Å². The number of hydrogen-bond donors (Lipinski definition) is 4. The van der Waals surface area contributed by atoms with E-state index in [1.165, 1.54) is 0 Å². The summed E-state index contributed by atoms with van der Waals surface area (Å²) < 4.78 is 0. The molecule has 0 saturated carbocycles. The van der Waals surface area contributed by atoms with E-state index in [-0.39, 0.29) is 5.82 Å². The van der Waals surface area contributed by atoms with Crippen LogP contribution in [-0.2, 0) is 0 Å². The number of piperazine rings is 1. The standard InChI is InChI=1S/C15H16N4O4/c20-12-11(15(22)23)17-13(18-14(12)21)9-1-3-10(4-2-9)19-7-5-16-6-8-19/h1-4,16,20H,5-8H2,(H,22,23)(H,17,18,21). The number of carboxylic acid groups (broad SMARTS) is 1. The fourth-order valence-electron chi connectivity index (χ4n) is 2.51. The Hall–Kier alpha value is -2.87. The van der Waals surface area contributed by atoms with Crippen LogP contribution in [0.1, 0.15) is 10.5 Å². The summed E-state index contributed by atoms with van der Waals surface area (Å²) in [6, 6.07) is 7.32. The van der Waals surface area contributed by atoms with Crippen molar-refractivity contribution in [2.45, 2.75) is 0 Å². The number of rotatable bonds is 3. The van der Waals surface area contributed by atoms with Crippen molar-refractivity contribution in [3.05, 3.63) is 40.3 Å². The lowest BCUT2D eigenvalue weighted by molar-refractivity contribution is 0.0686. The van der Waals surface area contributed by atoms with Crippen molar-refractivity contribution in [3.8, 4) is 17.1 Å². The highest BCUT2D eigenvalue weighted by Crippen LogP contribution is 2.21. The third kappa shape index (κ3) is 3.02. The molecule has 0 unspecified atom stereocenters. The molecule has 0 atom stereocenters. The van der Waals surface area contributed by atoms with Gasteiger partial charge in [0, 0.05) is 37.4 Å². The second-order valence-electron chi connectivity index (χ2n) is 5.20. The summed E-state index contributed by atoms with van der Waals surface area (Å²) in [5.41, 5.74) is 0.0897. The quantitative estimate of drug-likeness (QED) is 0.641. The number of benzene rings is 1. The lowest BCUT2D eigenvalue weighted by Crippen LogP contribution is -2.43. The van der Waals surface area contributed by atoms with E-state index in [1.807, 2.05) is 12.1 Å². The van der Waals surface area contributed by atoms with E-state index in [9.17, 15) is 14.7 Å². The molecule has 4 N–H and O–H groups in total. The van der Waals surface area contributed by atoms with Gasteiger partial charge in [-0.25, -0.2) is 9.78 Å². The van der Waals surface area contributed by atoms with Gasteiger partial charge in [-0.05, 0) is 24.3 Å². The van der Waals surface area contributed by atoms with Crippen LogP contribution in [0.5, 0.6) is 5.75 Å². The van der Waals surface area contributed by atoms with Gasteiger partial charge in [0.15, 0.2) is 5.69 Å². The molecule has 2 aromatic rings. The first-order chi connectivity index (χ1) is 11.1. The van der Waals surface area contributed by atoms with Crippen LogP contribution >= 0.6 is 0 Å². The molecule has 120 valence electrons. The highest BCUT2D eigenvalue weighted by Gasteiger charge is 2.17. The Morgan fingerprint density at radius 3 is 2.43 bits per heavy atom. The third-order valence-electron chi connectivity index (χ3n) is 3.72. The van der Waals surface area contributed by atoms with Crippen molar-refractivity contribution in [2.75, 3.05) is 31.1 Å². The molecule has 3 rings (SSSR count). The summed E-state index contributed by atoms with van der Waals surface area (Å²) in [5, 5.41) is 21.7. The van der Waals surface area contributed by atoms with E-state index in [1.54, 1.807) is 12.1 Å². The fourth-order valence-corrected chi connectivity index (χ4v) is 2.51. The van der Waals surface area contributed by atoms with Gasteiger partial charge in [0.25, 0.3) is 5.56 Å². The van der Waals surface area contributed by atoms with Crippen LogP contribution in [0.15, 0.2) is 29.1 Å². The predicted molar refractivity (Wildman–Crippen MR) is 84.0 cm³/mol. The van der Waals surface area contributed by atoms with Crippen molar-refractivity contribution in [2.24, 2.45) is 0 Å². The lowest BCUT2D eigenvalue weighted by Gasteiger charge is -2.29. The molecule has 0 amide bonds. The van der Waals surface area contributed by atoms with E-state index in [0.29, 0.717) is 5.56 Å². The molecule has 0 radical (unpaired) electrons. The van der Waals surface area contributed by atoms with Crippen LogP contribution in [-0.4, -0.2) is 52.3 Å². The number of carbonyl (C=O) groups is 1. The molecule has 8 heteroatoms. The maximum Gasteiger partial charge on any atom is 0.358 e. The van der Waals surface area contributed by atoms with E-state index in [2.05, 4.69) is 20.2 Å². The van der Waals surface area contributed by atoms with Crippen LogP contribution in [0.4, 0.5) is 5.69 Å². The number of aromatic amines is 1. The number of aromatic nitrogens is 2. The minimum Gasteiger partial charge on any atom is -0.501 e. The topological polar surface area (TPSA) is 119 Å². The van der Waals surface area contributed by atoms with Gasteiger partial charge < -0.3 is 25.4 Å². The van der Waals surface area contributed by atoms with Crippen molar-refractivity contribution in [3.63, 3.8) is 0 Å². The summed E-state index contributed by atoms with van der Waals surface area (Å²) in [4.78, 5) is 31.1. The largest absolute Gasteiger partial charge is 0.501 e. The molecular weight excluding hydrogens is 300 g/mol. The van der Waals surface area contributed by atoms with Gasteiger partial charge in [0.05, 0.1) is 0 Å². The first-order valence-electron chi connectivity index (χ1n) is 7.19. The lowest BCUT2D eigenvalue weighted by atomic mass is 10.1. The Morgan fingerprint density at radius 1 is 1.17 bits per heavy atom. The average molecular weight is 316 g/mol. The molecule has 1 aliphatic heterocycles. The maximum absolute atomic E-state index is 11.6. The number of carboxylic acids is 1. The van der Waals surface area contributed by atoms with Crippen LogP contribution in [0.2, 0.25) is 0 Å². The van der Waals surface area contributed by atoms with Gasteiger partial charge >= 0.3 is 5.97 Å². The van der Waals surface area contributed by atoms with Crippen LogP contribution in [0, 0.1) is 0 Å². The third-order valence-corrected chi connectivity index (χ3v) is 3.72. The summed E-state index contributed by atoms with van der Waals surface area (Å²) in [5.74, 6) is -2.23. The summed E-state index contributed by atoms with van der Waals surface area (Å²) in [6.07, 6.45) is 0. The minimum atomic E-state index is -1.45. The summed E-state index contributed by atoms with van der Waals surface area (Å²) in [7, 11) is 0. The van der Waals surface area contributed by atoms with Crippen LogP contribution in [0.3, 0.4) is 0 Å². The van der Waals surface area contributed by atoms with E-state index in [4.69, 9.17) is 5.11 Å². The molecule has 1 fully saturated rings. The van der Waals surface area contributed by atoms with Gasteiger partial charge in [-0.3, -0.25) is 4.79 Å². The van der Waals surface area contributed by atoms with Crippen LogP contribution < -0.4 is 15.8 Å². The summed E-state index contributed by atoms with van der Waals surface area (Å²) in [6.45, 7) is 3.68. The molecule has 1 saturated heterocycles. The Bertz CT molecular complexity index is 779. The van der Waals surface area contributed by atoms with E-state index >= 15 is 0 Å². The van der Waals surface area contributed by atoms with E-state index < -0.39 is 23.0 Å². The van der Waals surface area contributed by atoms with Gasteiger partial charge in [-0.15, -0.1) is 0 Å². The second kappa shape index (κ2) is 6.09. The summed E-state index contributed by atoms with van der Waals surface area (Å²) >= 11 is 0. The normalized spacial score (nSPS) is 14.7. The first kappa shape index (κ1) is 15.0. The Labute approximate surface area is 131 Å². The van der Waals surface area contributed by atoms with Gasteiger partial charge in [0.2, 0.25) is 5.75 Å². The highest BCUT2D eigenvalue weighted by molar-refractivity contribution is 5.88. The Kier molecular flexibility index (Phi) is 3.98. The Morgan fingerprint density at radius 2 is 1.83 bits per heavy atom. The fraction of sp³-hybridized carbons (Fsp3) is 0.267. The van der Waals surface area contributed by atoms with Crippen molar-refractivity contribution < 1.29 is 15.0 Å². The second-order valence-corrected chi connectivity index (χ2v) is 5.20. The number of H-pyrrole nitrogens is 1. The highest BCUT2D eigenvalue weighted by atomic mass is 16.4. The number of aromatic carboxylic acids is 1. The maximum atomic E-state index is 11.6. The monoisotopic (exact) mass is 316 g/mol. The molecule has 2 heterocycles. The Balaban J connectivity index is 1.93. The molecule has 0 aliphatic carbocycles. The first-order valence-corrected chi connectivity index (χ1v) is 7.19. The SMILES string of the molecule is O=C(O)c1nc(-c2ccc(N3CCNCC3)cc2)[nH]c(=O)c1O. The molecule has 0 spiro atoms. The number of anilines is 1. The van der Waals surface area contributed by atoms with Crippen molar-refractivity contribution in [1.29, 1.82) is 0 Å². The zero-order valence-corrected chi connectivity index (χ0v) is 12.2. The molecule has 1 aliphatic rings. The molecule has 0 bridgehead atoms. The minimum absolute atomic E-state index is 0.108. The number of nitrogens with zero attached hydrogens (tertiary/aromatic N) is 2. The van der Waals surface area contributed by atoms with Crippen molar-refractivity contribution in [1.82, 2.24) is 15.3 Å². The molecule has 1 aromatic carbocycles. The van der Waals surface area contributed by atoms with Gasteiger partial charge in [-0.1, -0.05) is 0 Å². The zero-order chi connectivity index (χ0) is 16.4. The molecule has 1 aromatic heterocycles.